The van der Waals surface area contributed by atoms with Gasteiger partial charge in [-0.2, -0.15) is 0 Å². The van der Waals surface area contributed by atoms with E-state index in [2.05, 4.69) is 5.32 Å². The molecule has 1 saturated carbocycles. The molecule has 3 nitrogen and oxygen atoms in total. The topological polar surface area (TPSA) is 30.5 Å². The highest BCUT2D eigenvalue weighted by atomic mass is 16.5. The van der Waals surface area contributed by atoms with Gasteiger partial charge in [0.1, 0.15) is 0 Å². The molecule has 0 bridgehead atoms. The fraction of sp³-hybridized carbons (Fsp3) is 1.00. The average Bonchev–Trinajstić information content (AvgIpc) is 2.91. The maximum absolute atomic E-state index is 5.09. The van der Waals surface area contributed by atoms with Crippen LogP contribution in [0.3, 0.4) is 0 Å². The van der Waals surface area contributed by atoms with E-state index in [1.807, 2.05) is 0 Å². The van der Waals surface area contributed by atoms with Gasteiger partial charge in [-0.05, 0) is 24.7 Å². The molecule has 1 N–H and O–H groups in total. The monoisotopic (exact) mass is 187 g/mol. The second kappa shape index (κ2) is 5.58. The van der Waals surface area contributed by atoms with Crippen LogP contribution in [0.25, 0.3) is 0 Å². The normalized spacial score (nSPS) is 18.9. The number of hydrogen-bond acceptors (Lipinski definition) is 3. The van der Waals surface area contributed by atoms with Gasteiger partial charge in [0.2, 0.25) is 0 Å². The van der Waals surface area contributed by atoms with E-state index in [1.165, 1.54) is 19.3 Å². The molecule has 0 aromatic carbocycles. The minimum absolute atomic E-state index is 0.559. The molecule has 13 heavy (non-hydrogen) atoms. The van der Waals surface area contributed by atoms with Crippen LogP contribution < -0.4 is 5.32 Å². The predicted octanol–water partition coefficient (Wildman–Crippen LogP) is 1.04. The Balaban J connectivity index is 1.99. The van der Waals surface area contributed by atoms with Crippen molar-refractivity contribution in [2.45, 2.75) is 19.3 Å². The zero-order valence-corrected chi connectivity index (χ0v) is 8.77. The predicted molar refractivity (Wildman–Crippen MR) is 52.9 cm³/mol. The van der Waals surface area contributed by atoms with Crippen molar-refractivity contribution in [3.63, 3.8) is 0 Å². The van der Waals surface area contributed by atoms with E-state index in [0.717, 1.165) is 26.3 Å². The minimum Gasteiger partial charge on any atom is -0.385 e. The Morgan fingerprint density at radius 1 is 1.15 bits per heavy atom. The van der Waals surface area contributed by atoms with Crippen molar-refractivity contribution in [3.8, 4) is 0 Å². The second-order valence-electron chi connectivity index (χ2n) is 3.91. The summed E-state index contributed by atoms with van der Waals surface area (Å²) in [7, 11) is 3.51. The first-order valence-corrected chi connectivity index (χ1v) is 5.02. The second-order valence-corrected chi connectivity index (χ2v) is 3.91. The Kier molecular flexibility index (Phi) is 4.70. The average molecular weight is 187 g/mol. The summed E-state index contributed by atoms with van der Waals surface area (Å²) in [6.45, 7) is 3.79. The van der Waals surface area contributed by atoms with E-state index in [1.54, 1.807) is 14.2 Å². The molecule has 0 aromatic heterocycles. The van der Waals surface area contributed by atoms with Crippen LogP contribution >= 0.6 is 0 Å². The lowest BCUT2D eigenvalue weighted by molar-refractivity contribution is 0.167. The van der Waals surface area contributed by atoms with E-state index in [9.17, 15) is 0 Å². The van der Waals surface area contributed by atoms with Crippen molar-refractivity contribution < 1.29 is 9.47 Å². The van der Waals surface area contributed by atoms with Gasteiger partial charge in [0.15, 0.2) is 0 Å². The molecule has 0 radical (unpaired) electrons. The van der Waals surface area contributed by atoms with Gasteiger partial charge in [0.25, 0.3) is 0 Å². The zero-order valence-electron chi connectivity index (χ0n) is 8.77. The lowest BCUT2D eigenvalue weighted by Gasteiger charge is -2.14. The minimum atomic E-state index is 0.559. The standard InChI is InChI=1S/C10H21NO2/c1-12-7-5-10(3-4-10)9-11-6-8-13-2/h11H,3-9H2,1-2H3. The highest BCUT2D eigenvalue weighted by Gasteiger charge is 2.41. The molecule has 0 aliphatic heterocycles. The Morgan fingerprint density at radius 3 is 2.38 bits per heavy atom. The molecule has 1 rings (SSSR count). The highest BCUT2D eigenvalue weighted by molar-refractivity contribution is 4.94. The lowest BCUT2D eigenvalue weighted by atomic mass is 10.0. The van der Waals surface area contributed by atoms with Crippen molar-refractivity contribution >= 4 is 0 Å². The molecule has 78 valence electrons. The van der Waals surface area contributed by atoms with Crippen LogP contribution in [0.2, 0.25) is 0 Å². The SMILES string of the molecule is COCCNCC1(CCOC)CC1. The van der Waals surface area contributed by atoms with Gasteiger partial charge in [0.05, 0.1) is 6.61 Å². The van der Waals surface area contributed by atoms with Crippen LogP contribution in [0.1, 0.15) is 19.3 Å². The molecule has 0 spiro atoms. The Labute approximate surface area is 80.8 Å². The summed E-state index contributed by atoms with van der Waals surface area (Å²) in [4.78, 5) is 0. The van der Waals surface area contributed by atoms with Crippen LogP contribution in [0.4, 0.5) is 0 Å². The van der Waals surface area contributed by atoms with Crippen LogP contribution in [-0.2, 0) is 9.47 Å². The number of hydrogen-bond donors (Lipinski definition) is 1. The van der Waals surface area contributed by atoms with Crippen LogP contribution in [-0.4, -0.2) is 40.5 Å². The van der Waals surface area contributed by atoms with Crippen LogP contribution in [0.5, 0.6) is 0 Å². The van der Waals surface area contributed by atoms with E-state index in [4.69, 9.17) is 9.47 Å². The molecule has 3 heteroatoms. The van der Waals surface area contributed by atoms with Crippen molar-refractivity contribution in [3.05, 3.63) is 0 Å². The van der Waals surface area contributed by atoms with Crippen LogP contribution in [0, 0.1) is 5.41 Å². The number of nitrogens with one attached hydrogen (secondary N) is 1. The Bertz CT molecular complexity index is 135. The first kappa shape index (κ1) is 11.0. The Hall–Kier alpha value is -0.120. The molecule has 1 aliphatic rings. The summed E-state index contributed by atoms with van der Waals surface area (Å²) in [5.41, 5.74) is 0.559. The van der Waals surface area contributed by atoms with Gasteiger partial charge in [-0.15, -0.1) is 0 Å². The molecule has 0 heterocycles. The molecule has 0 amide bonds. The molecule has 0 unspecified atom stereocenters. The fourth-order valence-corrected chi connectivity index (χ4v) is 1.54. The van der Waals surface area contributed by atoms with Gasteiger partial charge in [-0.3, -0.25) is 0 Å². The summed E-state index contributed by atoms with van der Waals surface area (Å²) in [5.74, 6) is 0. The summed E-state index contributed by atoms with van der Waals surface area (Å²) in [6.07, 6.45) is 3.91. The summed E-state index contributed by atoms with van der Waals surface area (Å²) >= 11 is 0. The number of rotatable bonds is 8. The van der Waals surface area contributed by atoms with Crippen molar-refractivity contribution in [1.29, 1.82) is 0 Å². The largest absolute Gasteiger partial charge is 0.385 e. The van der Waals surface area contributed by atoms with Crippen molar-refractivity contribution in [1.82, 2.24) is 5.32 Å². The first-order valence-electron chi connectivity index (χ1n) is 5.02. The molecule has 1 fully saturated rings. The third-order valence-corrected chi connectivity index (χ3v) is 2.78. The zero-order chi connectivity index (χ0) is 9.57. The van der Waals surface area contributed by atoms with Gasteiger partial charge in [0, 0.05) is 33.9 Å². The molecule has 0 aromatic rings. The summed E-state index contributed by atoms with van der Waals surface area (Å²) in [6, 6.07) is 0. The van der Waals surface area contributed by atoms with Gasteiger partial charge >= 0.3 is 0 Å². The van der Waals surface area contributed by atoms with Gasteiger partial charge < -0.3 is 14.8 Å². The molecule has 0 atom stereocenters. The van der Waals surface area contributed by atoms with Crippen molar-refractivity contribution in [2.75, 3.05) is 40.5 Å². The fourth-order valence-electron chi connectivity index (χ4n) is 1.54. The third-order valence-electron chi connectivity index (χ3n) is 2.78. The van der Waals surface area contributed by atoms with Crippen molar-refractivity contribution in [2.24, 2.45) is 5.41 Å². The lowest BCUT2D eigenvalue weighted by Crippen LogP contribution is -2.27. The van der Waals surface area contributed by atoms with Gasteiger partial charge in [-0.1, -0.05) is 0 Å². The molecule has 1 aliphatic carbocycles. The van der Waals surface area contributed by atoms with E-state index >= 15 is 0 Å². The quantitative estimate of drug-likeness (QED) is 0.576. The van der Waals surface area contributed by atoms with Crippen LogP contribution in [0.15, 0.2) is 0 Å². The number of methoxy groups -OCH3 is 2. The maximum atomic E-state index is 5.09. The molecular formula is C10H21NO2. The summed E-state index contributed by atoms with van der Waals surface area (Å²) in [5, 5.41) is 3.42. The smallest absolute Gasteiger partial charge is 0.0587 e. The van der Waals surface area contributed by atoms with E-state index < -0.39 is 0 Å². The third kappa shape index (κ3) is 4.07. The van der Waals surface area contributed by atoms with E-state index in [-0.39, 0.29) is 0 Å². The molecular weight excluding hydrogens is 166 g/mol. The highest BCUT2D eigenvalue weighted by Crippen LogP contribution is 2.48. The van der Waals surface area contributed by atoms with Gasteiger partial charge in [-0.25, -0.2) is 0 Å². The molecule has 0 saturated heterocycles. The maximum Gasteiger partial charge on any atom is 0.0587 e. The summed E-state index contributed by atoms with van der Waals surface area (Å²) < 4.78 is 10.1. The Morgan fingerprint density at radius 2 is 1.85 bits per heavy atom. The number of ether oxygens (including phenoxy) is 2. The van der Waals surface area contributed by atoms with E-state index in [0.29, 0.717) is 5.41 Å². The first-order chi connectivity index (χ1) is 6.33.